The Labute approximate surface area is 56.1 Å². The molecule has 0 aromatic heterocycles. The normalized spacial score (nSPS) is 12.6. The molecule has 9 heavy (non-hydrogen) atoms. The van der Waals surface area contributed by atoms with Crippen molar-refractivity contribution in [1.29, 1.82) is 5.26 Å². The van der Waals surface area contributed by atoms with Gasteiger partial charge in [-0.25, -0.2) is 0 Å². The van der Waals surface area contributed by atoms with Crippen LogP contribution in [0.2, 0.25) is 0 Å². The number of hydrogen-bond acceptors (Lipinski definition) is 2. The maximum atomic E-state index is 8.66. The second-order valence-corrected chi connectivity index (χ2v) is 2.06. The topological polar surface area (TPSA) is 44.0 Å². The highest BCUT2D eigenvalue weighted by Gasteiger charge is 1.93. The molecule has 2 nitrogen and oxygen atoms in total. The van der Waals surface area contributed by atoms with E-state index in [2.05, 4.69) is 6.92 Å². The molecule has 0 amide bonds. The molecule has 0 aromatic carbocycles. The first-order valence-electron chi connectivity index (χ1n) is 3.15. The van der Waals surface area contributed by atoms with Gasteiger partial charge in [-0.1, -0.05) is 0 Å². The number of hydrogen-bond donors (Lipinski definition) is 1. The second kappa shape index (κ2) is 5.58. The summed E-state index contributed by atoms with van der Waals surface area (Å²) in [4.78, 5) is 0. The van der Waals surface area contributed by atoms with E-state index in [1.54, 1.807) is 0 Å². The summed E-state index contributed by atoms with van der Waals surface area (Å²) in [6, 6.07) is 2.04. The third kappa shape index (κ3) is 7.45. The van der Waals surface area contributed by atoms with Crippen molar-refractivity contribution in [3.8, 4) is 6.07 Å². The van der Waals surface area contributed by atoms with Crippen LogP contribution in [0.15, 0.2) is 0 Å². The molecule has 1 atom stereocenters. The smallest absolute Gasteiger partial charge is 0.0621 e. The molecular weight excluding hydrogens is 114 g/mol. The van der Waals surface area contributed by atoms with E-state index in [1.807, 2.05) is 6.07 Å². The number of unbranched alkanes of at least 4 members (excludes halogenated alkanes) is 2. The maximum absolute atomic E-state index is 8.66. The standard InChI is InChI=1S/C7H12NO/c1-7(9)5-3-2-4-6-8/h7,9H,1-5H2. The largest absolute Gasteiger partial charge is 0.393 e. The Balaban J connectivity index is 2.85. The minimum atomic E-state index is -0.455. The Kier molecular flexibility index (Phi) is 5.24. The van der Waals surface area contributed by atoms with Crippen LogP contribution in [-0.2, 0) is 0 Å². The summed E-state index contributed by atoms with van der Waals surface area (Å²) in [6.45, 7) is 3.41. The van der Waals surface area contributed by atoms with Gasteiger partial charge < -0.3 is 5.11 Å². The minimum absolute atomic E-state index is 0.455. The van der Waals surface area contributed by atoms with E-state index in [4.69, 9.17) is 10.4 Å². The highest BCUT2D eigenvalue weighted by atomic mass is 16.3. The minimum Gasteiger partial charge on any atom is -0.393 e. The lowest BCUT2D eigenvalue weighted by Crippen LogP contribution is -1.98. The molecule has 51 valence electrons. The van der Waals surface area contributed by atoms with Crippen LogP contribution >= 0.6 is 0 Å². The van der Waals surface area contributed by atoms with Crippen molar-refractivity contribution < 1.29 is 5.11 Å². The molecule has 0 saturated carbocycles. The van der Waals surface area contributed by atoms with Crippen LogP contribution in [0, 0.1) is 18.3 Å². The highest BCUT2D eigenvalue weighted by molar-refractivity contribution is 4.68. The molecule has 0 aliphatic rings. The van der Waals surface area contributed by atoms with Gasteiger partial charge in [0.25, 0.3) is 0 Å². The number of aliphatic hydroxyl groups excluding tert-OH is 1. The molecular formula is C7H12NO. The first-order valence-corrected chi connectivity index (χ1v) is 3.15. The molecule has 0 bridgehead atoms. The lowest BCUT2D eigenvalue weighted by Gasteiger charge is -1.99. The number of rotatable bonds is 4. The monoisotopic (exact) mass is 126 g/mol. The molecule has 0 heterocycles. The lowest BCUT2D eigenvalue weighted by atomic mass is 10.1. The van der Waals surface area contributed by atoms with E-state index < -0.39 is 6.10 Å². The van der Waals surface area contributed by atoms with Crippen molar-refractivity contribution in [2.45, 2.75) is 31.8 Å². The molecule has 0 saturated heterocycles. The fourth-order valence-corrected chi connectivity index (χ4v) is 0.584. The Morgan fingerprint density at radius 1 is 1.56 bits per heavy atom. The Bertz CT molecular complexity index is 93.6. The average Bonchev–Trinajstić information content (AvgIpc) is 1.80. The van der Waals surface area contributed by atoms with Gasteiger partial charge in [-0.15, -0.1) is 0 Å². The molecule has 0 aliphatic carbocycles. The molecule has 0 fully saturated rings. The van der Waals surface area contributed by atoms with Crippen LogP contribution in [0.5, 0.6) is 0 Å². The quantitative estimate of drug-likeness (QED) is 0.576. The zero-order valence-electron chi connectivity index (χ0n) is 5.51. The summed E-state index contributed by atoms with van der Waals surface area (Å²) in [6.07, 6.45) is 2.62. The zero-order chi connectivity index (χ0) is 7.11. The van der Waals surface area contributed by atoms with Gasteiger partial charge in [0, 0.05) is 6.42 Å². The first-order chi connectivity index (χ1) is 4.27. The van der Waals surface area contributed by atoms with Crippen molar-refractivity contribution in [3.05, 3.63) is 6.92 Å². The van der Waals surface area contributed by atoms with Gasteiger partial charge in [0.2, 0.25) is 0 Å². The molecule has 1 radical (unpaired) electrons. The van der Waals surface area contributed by atoms with E-state index in [1.165, 1.54) is 0 Å². The Morgan fingerprint density at radius 2 is 2.22 bits per heavy atom. The SMILES string of the molecule is [CH2]C(O)CCCCC#N. The van der Waals surface area contributed by atoms with Crippen molar-refractivity contribution in [1.82, 2.24) is 0 Å². The van der Waals surface area contributed by atoms with E-state index in [9.17, 15) is 0 Å². The molecule has 0 rings (SSSR count). The third-order valence-electron chi connectivity index (χ3n) is 1.08. The van der Waals surface area contributed by atoms with E-state index in [0.29, 0.717) is 12.8 Å². The summed E-state index contributed by atoms with van der Waals surface area (Å²) in [5.41, 5.74) is 0. The predicted molar refractivity (Wildman–Crippen MR) is 35.4 cm³/mol. The zero-order valence-corrected chi connectivity index (χ0v) is 5.51. The third-order valence-corrected chi connectivity index (χ3v) is 1.08. The Hall–Kier alpha value is -0.550. The fourth-order valence-electron chi connectivity index (χ4n) is 0.584. The maximum Gasteiger partial charge on any atom is 0.0621 e. The van der Waals surface area contributed by atoms with E-state index in [0.717, 1.165) is 12.8 Å². The fraction of sp³-hybridized carbons (Fsp3) is 0.714. The molecule has 0 aliphatic heterocycles. The van der Waals surface area contributed by atoms with Gasteiger partial charge in [-0.3, -0.25) is 0 Å². The Morgan fingerprint density at radius 3 is 2.67 bits per heavy atom. The van der Waals surface area contributed by atoms with Gasteiger partial charge in [0.05, 0.1) is 12.2 Å². The van der Waals surface area contributed by atoms with Gasteiger partial charge in [-0.05, 0) is 26.2 Å². The molecule has 2 heteroatoms. The molecule has 1 N–H and O–H groups in total. The number of nitriles is 1. The van der Waals surface area contributed by atoms with Gasteiger partial charge >= 0.3 is 0 Å². The lowest BCUT2D eigenvalue weighted by molar-refractivity contribution is 0.206. The molecule has 0 aromatic rings. The first kappa shape index (κ1) is 8.45. The summed E-state index contributed by atoms with van der Waals surface area (Å²) in [5, 5.41) is 16.8. The van der Waals surface area contributed by atoms with Crippen LogP contribution in [0.3, 0.4) is 0 Å². The van der Waals surface area contributed by atoms with Crippen LogP contribution in [0.4, 0.5) is 0 Å². The number of nitrogens with zero attached hydrogens (tertiary/aromatic N) is 1. The molecule has 0 spiro atoms. The van der Waals surface area contributed by atoms with Crippen molar-refractivity contribution >= 4 is 0 Å². The van der Waals surface area contributed by atoms with Crippen molar-refractivity contribution in [2.24, 2.45) is 0 Å². The summed E-state index contributed by atoms with van der Waals surface area (Å²) >= 11 is 0. The average molecular weight is 126 g/mol. The van der Waals surface area contributed by atoms with Crippen LogP contribution in [0.25, 0.3) is 0 Å². The van der Waals surface area contributed by atoms with Crippen LogP contribution < -0.4 is 0 Å². The predicted octanol–water partition coefficient (Wildman–Crippen LogP) is 1.27. The van der Waals surface area contributed by atoms with E-state index >= 15 is 0 Å². The van der Waals surface area contributed by atoms with E-state index in [-0.39, 0.29) is 0 Å². The van der Waals surface area contributed by atoms with Gasteiger partial charge in [0.15, 0.2) is 0 Å². The van der Waals surface area contributed by atoms with Crippen molar-refractivity contribution in [3.63, 3.8) is 0 Å². The second-order valence-electron chi connectivity index (χ2n) is 2.06. The van der Waals surface area contributed by atoms with Crippen molar-refractivity contribution in [2.75, 3.05) is 0 Å². The number of aliphatic hydroxyl groups is 1. The molecule has 1 unspecified atom stereocenters. The summed E-state index contributed by atoms with van der Waals surface area (Å²) in [5.74, 6) is 0. The van der Waals surface area contributed by atoms with Gasteiger partial charge in [0.1, 0.15) is 0 Å². The van der Waals surface area contributed by atoms with Gasteiger partial charge in [-0.2, -0.15) is 5.26 Å². The summed E-state index contributed by atoms with van der Waals surface area (Å²) < 4.78 is 0. The summed E-state index contributed by atoms with van der Waals surface area (Å²) in [7, 11) is 0. The van der Waals surface area contributed by atoms with Crippen LogP contribution in [-0.4, -0.2) is 11.2 Å². The highest BCUT2D eigenvalue weighted by Crippen LogP contribution is 2.01. The van der Waals surface area contributed by atoms with Crippen LogP contribution in [0.1, 0.15) is 25.7 Å².